The Morgan fingerprint density at radius 3 is 1.12 bits per heavy atom. The molecule has 0 radical (unpaired) electrons. The molecule has 3 heterocycles. The second-order valence-electron chi connectivity index (χ2n) is 14.5. The Labute approximate surface area is 286 Å². The first-order valence-electron chi connectivity index (χ1n) is 17.5. The molecule has 3 N–H and O–H groups in total. The summed E-state index contributed by atoms with van der Waals surface area (Å²) in [6.45, 7) is 9.31. The summed E-state index contributed by atoms with van der Waals surface area (Å²) in [5.74, 6) is -6.26. The number of imide groups is 3. The molecule has 15 nitrogen and oxygen atoms in total. The maximum absolute atomic E-state index is 13.4. The third-order valence-electron chi connectivity index (χ3n) is 10.4. The molecule has 15 heteroatoms. The molecule has 49 heavy (non-hydrogen) atoms. The van der Waals surface area contributed by atoms with Crippen LogP contribution in [0.4, 0.5) is 0 Å². The largest absolute Gasteiger partial charge is 0.354 e. The van der Waals surface area contributed by atoms with Crippen molar-refractivity contribution in [3.8, 4) is 0 Å². The predicted octanol–water partition coefficient (Wildman–Crippen LogP) is -0.175. The summed E-state index contributed by atoms with van der Waals surface area (Å²) in [6, 6.07) is 0. The fourth-order valence-corrected chi connectivity index (χ4v) is 7.28. The molecule has 0 aromatic carbocycles. The maximum atomic E-state index is 13.4. The van der Waals surface area contributed by atoms with Crippen LogP contribution in [-0.2, 0) is 43.2 Å². The zero-order chi connectivity index (χ0) is 36.2. The highest BCUT2D eigenvalue weighted by atomic mass is 16.2. The van der Waals surface area contributed by atoms with Gasteiger partial charge in [-0.1, -0.05) is 34.6 Å². The Bertz CT molecular complexity index is 1310. The normalized spacial score (nSPS) is 27.6. The molecule has 0 spiro atoms. The smallest absolute Gasteiger partial charge is 0.233 e. The third-order valence-corrected chi connectivity index (χ3v) is 10.4. The molecule has 0 bridgehead atoms. The van der Waals surface area contributed by atoms with Gasteiger partial charge >= 0.3 is 0 Å². The van der Waals surface area contributed by atoms with Crippen molar-refractivity contribution < 1.29 is 43.2 Å². The van der Waals surface area contributed by atoms with Crippen LogP contribution >= 0.6 is 0 Å². The van der Waals surface area contributed by atoms with Crippen LogP contribution < -0.4 is 16.0 Å². The van der Waals surface area contributed by atoms with Crippen molar-refractivity contribution in [1.29, 1.82) is 0 Å². The van der Waals surface area contributed by atoms with E-state index in [4.69, 9.17) is 0 Å². The molecule has 3 unspecified atom stereocenters. The van der Waals surface area contributed by atoms with Gasteiger partial charge in [0, 0.05) is 94.0 Å². The predicted molar refractivity (Wildman–Crippen MR) is 173 cm³/mol. The van der Waals surface area contributed by atoms with Crippen LogP contribution in [0.5, 0.6) is 0 Å². The zero-order valence-corrected chi connectivity index (χ0v) is 29.1. The molecule has 4 fully saturated rings. The number of rotatable bonds is 14. The molecule has 1 saturated carbocycles. The van der Waals surface area contributed by atoms with Crippen molar-refractivity contribution in [2.75, 3.05) is 39.3 Å². The van der Waals surface area contributed by atoms with Crippen molar-refractivity contribution in [1.82, 2.24) is 30.7 Å². The molecule has 1 aliphatic carbocycles. The van der Waals surface area contributed by atoms with Crippen molar-refractivity contribution in [2.45, 2.75) is 73.1 Å². The number of carbonyl (C=O) groups is 9. The first-order valence-corrected chi connectivity index (χ1v) is 17.5. The highest BCUT2D eigenvalue weighted by Crippen LogP contribution is 2.34. The Balaban J connectivity index is 1.35. The fourth-order valence-electron chi connectivity index (χ4n) is 7.28. The summed E-state index contributed by atoms with van der Waals surface area (Å²) in [5, 5.41) is 8.29. The van der Waals surface area contributed by atoms with Crippen LogP contribution in [-0.4, -0.2) is 107 Å². The van der Waals surface area contributed by atoms with Gasteiger partial charge in [0.15, 0.2) is 0 Å². The van der Waals surface area contributed by atoms with E-state index < -0.39 is 41.4 Å². The lowest BCUT2D eigenvalue weighted by atomic mass is 9.74. The van der Waals surface area contributed by atoms with Gasteiger partial charge in [-0.25, -0.2) is 0 Å². The van der Waals surface area contributed by atoms with E-state index in [0.29, 0.717) is 0 Å². The van der Waals surface area contributed by atoms with Crippen LogP contribution in [0, 0.1) is 47.3 Å². The Kier molecular flexibility index (Phi) is 12.3. The van der Waals surface area contributed by atoms with E-state index in [-0.39, 0.29) is 137 Å². The zero-order valence-electron chi connectivity index (χ0n) is 29.1. The minimum absolute atomic E-state index is 0.0117. The molecule has 3 aliphatic heterocycles. The Morgan fingerprint density at radius 2 is 0.857 bits per heavy atom. The standard InChI is InChI=1S/C34H50N6O9/c1-18(2)24-16-27(42)39(33(24)48)10-7-36-30(45)22-13-21(29(44)35-6-9-38-26(41)12-20(5)32(38)47)14-23(15-22)31(46)37-8-11-40-28(43)17-25(19(3)4)34(40)49/h18-25H,6-17H2,1-5H3,(H,35,44)(H,36,45)(H,37,46)/t20?,21-,22+,23-,24?,25?. The van der Waals surface area contributed by atoms with Gasteiger partial charge in [0.1, 0.15) is 0 Å². The van der Waals surface area contributed by atoms with Crippen LogP contribution in [0.1, 0.15) is 73.1 Å². The van der Waals surface area contributed by atoms with E-state index in [1.54, 1.807) is 6.92 Å². The summed E-state index contributed by atoms with van der Waals surface area (Å²) < 4.78 is 0. The average molecular weight is 687 g/mol. The first-order chi connectivity index (χ1) is 23.1. The molecule has 6 atom stereocenters. The second-order valence-corrected chi connectivity index (χ2v) is 14.5. The van der Waals surface area contributed by atoms with Crippen LogP contribution in [0.25, 0.3) is 0 Å². The van der Waals surface area contributed by atoms with Crippen LogP contribution in [0.15, 0.2) is 0 Å². The Morgan fingerprint density at radius 1 is 0.551 bits per heavy atom. The summed E-state index contributed by atoms with van der Waals surface area (Å²) in [7, 11) is 0. The second kappa shape index (κ2) is 16.0. The highest BCUT2D eigenvalue weighted by Gasteiger charge is 2.43. The van der Waals surface area contributed by atoms with Crippen molar-refractivity contribution in [2.24, 2.45) is 47.3 Å². The van der Waals surface area contributed by atoms with Gasteiger partial charge in [0.2, 0.25) is 53.2 Å². The Hall–Kier alpha value is -4.17. The molecular weight excluding hydrogens is 636 g/mol. The lowest BCUT2D eigenvalue weighted by Crippen LogP contribution is -2.47. The van der Waals surface area contributed by atoms with Gasteiger partial charge in [0.05, 0.1) is 0 Å². The molecular formula is C34H50N6O9. The van der Waals surface area contributed by atoms with Crippen molar-refractivity contribution >= 4 is 53.2 Å². The molecule has 270 valence electrons. The molecule has 3 saturated heterocycles. The van der Waals surface area contributed by atoms with Gasteiger partial charge < -0.3 is 16.0 Å². The van der Waals surface area contributed by atoms with Gasteiger partial charge in [-0.3, -0.25) is 57.9 Å². The highest BCUT2D eigenvalue weighted by molar-refractivity contribution is 6.04. The third kappa shape index (κ3) is 8.71. The van der Waals surface area contributed by atoms with E-state index in [1.165, 1.54) is 0 Å². The number of amides is 9. The van der Waals surface area contributed by atoms with Gasteiger partial charge in [-0.15, -0.1) is 0 Å². The summed E-state index contributed by atoms with van der Waals surface area (Å²) in [5.41, 5.74) is 0. The summed E-state index contributed by atoms with van der Waals surface area (Å²) >= 11 is 0. The lowest BCUT2D eigenvalue weighted by Gasteiger charge is -2.33. The minimum atomic E-state index is -0.732. The number of hydrogen-bond donors (Lipinski definition) is 3. The first kappa shape index (κ1) is 37.6. The molecule has 0 aromatic heterocycles. The lowest BCUT2D eigenvalue weighted by molar-refractivity contribution is -0.141. The van der Waals surface area contributed by atoms with Crippen LogP contribution in [0.2, 0.25) is 0 Å². The van der Waals surface area contributed by atoms with E-state index in [2.05, 4.69) is 16.0 Å². The number of likely N-dealkylation sites (tertiary alicyclic amines) is 3. The quantitative estimate of drug-likeness (QED) is 0.208. The van der Waals surface area contributed by atoms with Gasteiger partial charge in [-0.05, 0) is 31.1 Å². The van der Waals surface area contributed by atoms with E-state index in [0.717, 1.165) is 14.7 Å². The summed E-state index contributed by atoms with van der Waals surface area (Å²) in [6.07, 6.45) is 0.828. The molecule has 4 aliphatic rings. The van der Waals surface area contributed by atoms with Crippen molar-refractivity contribution in [3.63, 3.8) is 0 Å². The number of hydrogen-bond acceptors (Lipinski definition) is 9. The number of carbonyl (C=O) groups excluding carboxylic acids is 9. The fraction of sp³-hybridized carbons (Fsp3) is 0.735. The average Bonchev–Trinajstić information content (AvgIpc) is 3.60. The molecule has 9 amide bonds. The SMILES string of the molecule is CC1CC(=O)N(CCNC(=O)[C@H]2C[C@@H](C(=O)NCCN3C(=O)CC(C(C)C)C3=O)C[C@@H](C(=O)NCCN3C(=O)CC(C(C)C)C3=O)C2)C1=O. The van der Waals surface area contributed by atoms with E-state index in [9.17, 15) is 43.2 Å². The molecule has 0 aromatic rings. The minimum Gasteiger partial charge on any atom is -0.354 e. The maximum Gasteiger partial charge on any atom is 0.233 e. The van der Waals surface area contributed by atoms with Gasteiger partial charge in [0.25, 0.3) is 0 Å². The number of nitrogens with one attached hydrogen (secondary N) is 3. The molecule has 4 rings (SSSR count). The summed E-state index contributed by atoms with van der Waals surface area (Å²) in [4.78, 5) is 118. The number of nitrogens with zero attached hydrogens (tertiary/aromatic N) is 3. The van der Waals surface area contributed by atoms with Gasteiger partial charge in [-0.2, -0.15) is 0 Å². The van der Waals surface area contributed by atoms with E-state index in [1.807, 2.05) is 27.7 Å². The monoisotopic (exact) mass is 686 g/mol. The van der Waals surface area contributed by atoms with E-state index >= 15 is 0 Å². The topological polar surface area (TPSA) is 199 Å². The van der Waals surface area contributed by atoms with Crippen molar-refractivity contribution in [3.05, 3.63) is 0 Å². The van der Waals surface area contributed by atoms with Crippen LogP contribution in [0.3, 0.4) is 0 Å².